The number of nitrogens with zero attached hydrogens (tertiary/aromatic N) is 5. The van der Waals surface area contributed by atoms with Crippen molar-refractivity contribution >= 4 is 23.4 Å². The number of amides is 1. The minimum atomic E-state index is -0.382. The van der Waals surface area contributed by atoms with Crippen LogP contribution in [-0.2, 0) is 18.9 Å². The van der Waals surface area contributed by atoms with E-state index in [9.17, 15) is 9.18 Å². The average Bonchev–Trinajstić information content (AvgIpc) is 3.10. The molecule has 0 bridgehead atoms. The molecule has 0 aliphatic carbocycles. The maximum Gasteiger partial charge on any atom is 0.237 e. The molecule has 2 heterocycles. The quantitative estimate of drug-likeness (QED) is 0.680. The first-order valence-corrected chi connectivity index (χ1v) is 9.29. The second kappa shape index (κ2) is 7.51. The number of carbonyl (C=O) groups excluding carboxylic acids is 1. The summed E-state index contributed by atoms with van der Waals surface area (Å²) in [5.74, 6) is 0.177. The fraction of sp³-hybridized carbons (Fsp3) is 0.333. The molecule has 1 aromatic carbocycles. The standard InChI is InChI=1S/C18H21FN6OS/c1-10-15(11(2)25(5)23-10)20-17(26)12(3)27-18-22-21-16(24(18)4)13-6-8-14(19)9-7-13/h6-9,12H,1-5H3,(H,20,26)/t12-/m0/s1. The van der Waals surface area contributed by atoms with Crippen LogP contribution in [0.15, 0.2) is 29.4 Å². The zero-order valence-electron chi connectivity index (χ0n) is 15.8. The maximum absolute atomic E-state index is 13.1. The van der Waals surface area contributed by atoms with Gasteiger partial charge in [0.15, 0.2) is 11.0 Å². The van der Waals surface area contributed by atoms with Gasteiger partial charge in [-0.05, 0) is 45.0 Å². The molecule has 0 saturated carbocycles. The number of rotatable bonds is 5. The number of nitrogens with one attached hydrogen (secondary N) is 1. The van der Waals surface area contributed by atoms with Crippen LogP contribution in [0.25, 0.3) is 11.4 Å². The highest BCUT2D eigenvalue weighted by Gasteiger charge is 2.21. The van der Waals surface area contributed by atoms with E-state index < -0.39 is 0 Å². The molecule has 3 rings (SSSR count). The van der Waals surface area contributed by atoms with Crippen LogP contribution in [0.4, 0.5) is 10.1 Å². The first-order chi connectivity index (χ1) is 12.8. The van der Waals surface area contributed by atoms with Gasteiger partial charge in [0.1, 0.15) is 5.82 Å². The lowest BCUT2D eigenvalue weighted by Crippen LogP contribution is -2.23. The zero-order valence-corrected chi connectivity index (χ0v) is 16.6. The maximum atomic E-state index is 13.1. The molecule has 0 spiro atoms. The molecule has 0 unspecified atom stereocenters. The van der Waals surface area contributed by atoms with Crippen LogP contribution in [0.1, 0.15) is 18.3 Å². The van der Waals surface area contributed by atoms with Crippen LogP contribution in [0, 0.1) is 19.7 Å². The van der Waals surface area contributed by atoms with Gasteiger partial charge in [-0.15, -0.1) is 10.2 Å². The summed E-state index contributed by atoms with van der Waals surface area (Å²) >= 11 is 1.31. The van der Waals surface area contributed by atoms with Gasteiger partial charge in [-0.2, -0.15) is 5.10 Å². The number of halogens is 1. The Morgan fingerprint density at radius 1 is 1.19 bits per heavy atom. The van der Waals surface area contributed by atoms with Gasteiger partial charge in [0, 0.05) is 19.7 Å². The molecule has 0 fully saturated rings. The summed E-state index contributed by atoms with van der Waals surface area (Å²) in [5, 5.41) is 15.8. The SMILES string of the molecule is Cc1nn(C)c(C)c1NC(=O)[C@H](C)Sc1nnc(-c2ccc(F)cc2)n1C. The Labute approximate surface area is 161 Å². The molecular weight excluding hydrogens is 367 g/mol. The van der Waals surface area contributed by atoms with Gasteiger partial charge in [-0.1, -0.05) is 11.8 Å². The highest BCUT2D eigenvalue weighted by Crippen LogP contribution is 2.27. The Morgan fingerprint density at radius 3 is 2.44 bits per heavy atom. The molecule has 142 valence electrons. The number of carbonyl (C=O) groups is 1. The smallest absolute Gasteiger partial charge is 0.237 e. The van der Waals surface area contributed by atoms with Gasteiger partial charge < -0.3 is 9.88 Å². The Balaban J connectivity index is 1.73. The first-order valence-electron chi connectivity index (χ1n) is 8.41. The second-order valence-electron chi connectivity index (χ2n) is 6.29. The third-order valence-corrected chi connectivity index (χ3v) is 5.48. The summed E-state index contributed by atoms with van der Waals surface area (Å²) < 4.78 is 16.6. The van der Waals surface area contributed by atoms with E-state index in [2.05, 4.69) is 20.6 Å². The number of thioether (sulfide) groups is 1. The largest absolute Gasteiger partial charge is 0.322 e. The predicted octanol–water partition coefficient (Wildman–Crippen LogP) is 3.09. The lowest BCUT2D eigenvalue weighted by atomic mass is 10.2. The van der Waals surface area contributed by atoms with Crippen molar-refractivity contribution in [3.8, 4) is 11.4 Å². The van der Waals surface area contributed by atoms with E-state index in [1.54, 1.807) is 21.4 Å². The summed E-state index contributed by atoms with van der Waals surface area (Å²) in [4.78, 5) is 12.6. The number of aryl methyl sites for hydroxylation is 2. The number of hydrogen-bond acceptors (Lipinski definition) is 5. The van der Waals surface area contributed by atoms with Crippen molar-refractivity contribution in [1.29, 1.82) is 0 Å². The molecule has 9 heteroatoms. The Bertz CT molecular complexity index is 979. The van der Waals surface area contributed by atoms with Crippen molar-refractivity contribution < 1.29 is 9.18 Å². The summed E-state index contributed by atoms with van der Waals surface area (Å²) in [6, 6.07) is 6.06. The minimum Gasteiger partial charge on any atom is -0.322 e. The van der Waals surface area contributed by atoms with Crippen LogP contribution in [0.5, 0.6) is 0 Å². The lowest BCUT2D eigenvalue weighted by molar-refractivity contribution is -0.115. The fourth-order valence-corrected chi connectivity index (χ4v) is 3.47. The summed E-state index contributed by atoms with van der Waals surface area (Å²) in [5.41, 5.74) is 3.17. The Hall–Kier alpha value is -2.68. The van der Waals surface area contributed by atoms with Gasteiger partial charge in [0.25, 0.3) is 0 Å². The van der Waals surface area contributed by atoms with E-state index in [4.69, 9.17) is 0 Å². The van der Waals surface area contributed by atoms with Crippen LogP contribution in [0.3, 0.4) is 0 Å². The third kappa shape index (κ3) is 3.87. The highest BCUT2D eigenvalue weighted by atomic mass is 32.2. The molecule has 2 aromatic heterocycles. The van der Waals surface area contributed by atoms with E-state index in [1.807, 2.05) is 34.9 Å². The summed E-state index contributed by atoms with van der Waals surface area (Å²) in [6.45, 7) is 5.58. The van der Waals surface area contributed by atoms with E-state index in [1.165, 1.54) is 23.9 Å². The first kappa shape index (κ1) is 19.1. The number of aromatic nitrogens is 5. The number of benzene rings is 1. The monoisotopic (exact) mass is 388 g/mol. The third-order valence-electron chi connectivity index (χ3n) is 4.35. The molecule has 1 atom stereocenters. The van der Waals surface area contributed by atoms with Gasteiger partial charge >= 0.3 is 0 Å². The van der Waals surface area contributed by atoms with Gasteiger partial charge in [0.05, 0.1) is 22.3 Å². The van der Waals surface area contributed by atoms with Crippen molar-refractivity contribution in [3.63, 3.8) is 0 Å². The van der Waals surface area contributed by atoms with Crippen LogP contribution < -0.4 is 5.32 Å². The zero-order chi connectivity index (χ0) is 19.7. The van der Waals surface area contributed by atoms with Crippen molar-refractivity contribution in [3.05, 3.63) is 41.5 Å². The molecule has 0 aliphatic heterocycles. The van der Waals surface area contributed by atoms with Crippen LogP contribution in [-0.4, -0.2) is 35.7 Å². The van der Waals surface area contributed by atoms with Crippen molar-refractivity contribution in [2.24, 2.45) is 14.1 Å². The van der Waals surface area contributed by atoms with Gasteiger partial charge in [-0.3, -0.25) is 9.48 Å². The highest BCUT2D eigenvalue weighted by molar-refractivity contribution is 8.00. The molecule has 0 aliphatic rings. The van der Waals surface area contributed by atoms with E-state index >= 15 is 0 Å². The second-order valence-corrected chi connectivity index (χ2v) is 7.60. The fourth-order valence-electron chi connectivity index (χ4n) is 2.66. The van der Waals surface area contributed by atoms with E-state index in [0.717, 1.165) is 22.6 Å². The minimum absolute atomic E-state index is 0.134. The molecule has 0 saturated heterocycles. The Morgan fingerprint density at radius 2 is 1.85 bits per heavy atom. The number of anilines is 1. The number of hydrogen-bond donors (Lipinski definition) is 1. The molecule has 1 amide bonds. The van der Waals surface area contributed by atoms with Gasteiger partial charge in [0.2, 0.25) is 5.91 Å². The summed E-state index contributed by atoms with van der Waals surface area (Å²) in [7, 11) is 3.66. The normalized spacial score (nSPS) is 12.2. The lowest BCUT2D eigenvalue weighted by Gasteiger charge is -2.12. The summed E-state index contributed by atoms with van der Waals surface area (Å²) in [6.07, 6.45) is 0. The predicted molar refractivity (Wildman–Crippen MR) is 103 cm³/mol. The Kier molecular flexibility index (Phi) is 5.31. The molecular formula is C18H21FN6OS. The van der Waals surface area contributed by atoms with Crippen molar-refractivity contribution in [1.82, 2.24) is 24.5 Å². The average molecular weight is 388 g/mol. The molecule has 1 N–H and O–H groups in total. The van der Waals surface area contributed by atoms with Crippen LogP contribution >= 0.6 is 11.8 Å². The topological polar surface area (TPSA) is 77.6 Å². The molecule has 3 aromatic rings. The molecule has 7 nitrogen and oxygen atoms in total. The molecule has 0 radical (unpaired) electrons. The van der Waals surface area contributed by atoms with Crippen molar-refractivity contribution in [2.45, 2.75) is 31.2 Å². The van der Waals surface area contributed by atoms with Gasteiger partial charge in [-0.25, -0.2) is 4.39 Å². The van der Waals surface area contributed by atoms with Crippen LogP contribution in [0.2, 0.25) is 0 Å². The van der Waals surface area contributed by atoms with E-state index in [0.29, 0.717) is 11.0 Å². The van der Waals surface area contributed by atoms with E-state index in [-0.39, 0.29) is 17.0 Å². The molecule has 27 heavy (non-hydrogen) atoms. The van der Waals surface area contributed by atoms with Crippen molar-refractivity contribution in [2.75, 3.05) is 5.32 Å².